The number of nitrogens with zero attached hydrogens (tertiary/aromatic N) is 26. The Hall–Kier alpha value is -10.1. The maximum atomic E-state index is 10.5. The van der Waals surface area contributed by atoms with Gasteiger partial charge in [0.1, 0.15) is 73.1 Å². The molecule has 570 valence electrons. The number of tetrazole rings is 1. The maximum absolute atomic E-state index is 10.5. The van der Waals surface area contributed by atoms with Gasteiger partial charge in [-0.15, -0.1) is 25.5 Å². The fourth-order valence-electron chi connectivity index (χ4n) is 7.08. The highest BCUT2D eigenvalue weighted by Crippen LogP contribution is 2.15. The van der Waals surface area contributed by atoms with Crippen LogP contribution in [0.5, 0.6) is 5.75 Å². The number of urea groups is 1. The second kappa shape index (κ2) is 54.6. The van der Waals surface area contributed by atoms with Crippen LogP contribution in [0.25, 0.3) is 11.0 Å². The third-order valence-corrected chi connectivity index (χ3v) is 16.7. The molecule has 16 rings (SSSR count). The first-order valence-electron chi connectivity index (χ1n) is 32.1. The number of thiocarbonyl (C=S) groups is 3. The van der Waals surface area contributed by atoms with Gasteiger partial charge in [-0.05, 0) is 82.9 Å². The van der Waals surface area contributed by atoms with E-state index in [0.29, 0.717) is 17.7 Å². The van der Waals surface area contributed by atoms with Crippen molar-refractivity contribution < 1.29 is 38.2 Å². The fourth-order valence-corrected chi connectivity index (χ4v) is 9.49. The molecule has 36 nitrogen and oxygen atoms in total. The molecule has 0 unspecified atom stereocenters. The van der Waals surface area contributed by atoms with Crippen molar-refractivity contribution in [2.75, 3.05) is 147 Å². The predicted octanol–water partition coefficient (Wildman–Crippen LogP) is 4.01. The van der Waals surface area contributed by atoms with E-state index in [1.165, 1.54) is 39.7 Å². The fraction of sp³-hybridized carbons (Fsp3) is 0.476. The molecule has 0 radical (unpaired) electrons. The molecule has 0 bridgehead atoms. The number of amides is 5. The number of imidazole rings is 1. The van der Waals surface area contributed by atoms with Gasteiger partial charge in [-0.2, -0.15) is 5.10 Å². The third kappa shape index (κ3) is 42.3. The van der Waals surface area contributed by atoms with Gasteiger partial charge >= 0.3 is 12.1 Å². The number of cyclic esters (lactones) is 1. The summed E-state index contributed by atoms with van der Waals surface area (Å²) in [5.41, 5.74) is 1.73. The number of nitrogens with one attached hydrogen (secondary N) is 2. The molecule has 7 aliphatic heterocycles. The Bertz CT molecular complexity index is 3170. The zero-order chi connectivity index (χ0) is 76.9. The smallest absolute Gasteiger partial charge is 0.409 e. The lowest BCUT2D eigenvalue weighted by atomic mass is 10.3. The molecule has 14 heterocycles. The summed E-state index contributed by atoms with van der Waals surface area (Å²) in [6.07, 6.45) is 22.4. The van der Waals surface area contributed by atoms with Crippen molar-refractivity contribution in [1.82, 2.24) is 139 Å². The zero-order valence-corrected chi connectivity index (χ0v) is 65.9. The summed E-state index contributed by atoms with van der Waals surface area (Å²) in [6.45, 7) is 9.70. The summed E-state index contributed by atoms with van der Waals surface area (Å²) in [6, 6.07) is 21.3. The van der Waals surface area contributed by atoms with E-state index in [0.717, 1.165) is 110 Å². The van der Waals surface area contributed by atoms with Crippen LogP contribution in [0, 0.1) is 0 Å². The second-order valence-electron chi connectivity index (χ2n) is 21.9. The number of para-hydroxylation sites is 2. The number of methoxy groups -OCH3 is 1. The topological polar surface area (TPSA) is 341 Å². The monoisotopic (exact) mass is 1540 g/mol. The van der Waals surface area contributed by atoms with E-state index in [9.17, 15) is 19.2 Å². The van der Waals surface area contributed by atoms with Gasteiger partial charge in [0.05, 0.1) is 32.7 Å². The van der Waals surface area contributed by atoms with Crippen molar-refractivity contribution in [3.8, 4) is 5.75 Å². The number of aromatic nitrogens is 19. The summed E-state index contributed by atoms with van der Waals surface area (Å²) in [5, 5.41) is 43.1. The van der Waals surface area contributed by atoms with Crippen LogP contribution in [-0.4, -0.2) is 313 Å². The second-order valence-corrected chi connectivity index (χ2v) is 25.4. The number of fused-ring (bicyclic) bond motifs is 1. The highest BCUT2D eigenvalue weighted by atomic mass is 32.2. The highest BCUT2D eigenvalue weighted by molar-refractivity contribution is 8.23. The molecule has 7 saturated heterocycles. The van der Waals surface area contributed by atoms with E-state index < -0.39 is 0 Å². The number of likely N-dealkylation sites (tertiary alicyclic amines) is 1. The van der Waals surface area contributed by atoms with E-state index >= 15 is 0 Å². The molecule has 5 amide bonds. The van der Waals surface area contributed by atoms with Gasteiger partial charge in [-0.1, -0.05) is 76.1 Å². The van der Waals surface area contributed by atoms with Gasteiger partial charge in [0.2, 0.25) is 5.91 Å². The molecule has 7 fully saturated rings. The third-order valence-electron chi connectivity index (χ3n) is 13.2. The van der Waals surface area contributed by atoms with E-state index in [4.69, 9.17) is 51.0 Å². The molecule has 9 aromatic rings. The molecule has 0 aliphatic carbocycles. The molecular weight excluding hydrogens is 1440 g/mol. The van der Waals surface area contributed by atoms with E-state index in [2.05, 4.69) is 81.7 Å². The Morgan fingerprint density at radius 3 is 1.40 bits per heavy atom. The average Bonchev–Trinajstić information content (AvgIpc) is 1.63. The summed E-state index contributed by atoms with van der Waals surface area (Å²) < 4.78 is 25.9. The van der Waals surface area contributed by atoms with E-state index in [1.807, 2.05) is 175 Å². The number of likely N-dealkylation sites (N-methyl/N-ethyl adjacent to an activating group) is 4. The number of aryl methyl sites for hydroxylation is 6. The summed E-state index contributed by atoms with van der Waals surface area (Å²) in [7, 11) is 27.6. The van der Waals surface area contributed by atoms with Crippen LogP contribution in [0.2, 0.25) is 0 Å². The normalized spacial score (nSPS) is 14.5. The largest absolute Gasteiger partial charge is 0.497 e. The summed E-state index contributed by atoms with van der Waals surface area (Å²) in [4.78, 5) is 68.1. The van der Waals surface area contributed by atoms with Crippen LogP contribution in [0.15, 0.2) is 142 Å². The van der Waals surface area contributed by atoms with Crippen LogP contribution in [0.4, 0.5) is 14.4 Å². The quantitative estimate of drug-likeness (QED) is 0.231. The molecule has 0 atom stereocenters. The molecule has 0 saturated carbocycles. The SMILES string of the molecule is CN1CCCC1=O.CN1CCNC1=O.CN1CCNC1=S.CN1CCOC1=O.CN1CCOC1=S.CN1CCSC1=O.CN1CCSC1=S.COc1ccccc1.COn1nnc2ccccc21.Cn1cccc1.Cn1ccnc1.Cn1ccnn1.Cn1cncn1.Cn1cnnc1.Cn1cnnn1. The number of hydrogen-bond donors (Lipinski definition) is 2. The molecule has 2 N–H and O–H groups in total. The minimum atomic E-state index is -0.208. The number of benzene rings is 2. The molecule has 0 spiro atoms. The lowest BCUT2D eigenvalue weighted by molar-refractivity contribution is -0.126. The van der Waals surface area contributed by atoms with Crippen LogP contribution in [0.3, 0.4) is 0 Å². The minimum Gasteiger partial charge on any atom is -0.497 e. The van der Waals surface area contributed by atoms with Crippen LogP contribution in [-0.2, 0) is 56.6 Å². The van der Waals surface area contributed by atoms with Crippen molar-refractivity contribution in [3.05, 3.63) is 142 Å². The lowest BCUT2D eigenvalue weighted by Crippen LogP contribution is -2.23. The Morgan fingerprint density at radius 1 is 0.510 bits per heavy atom. The number of thioether (sulfide) groups is 2. The van der Waals surface area contributed by atoms with Crippen molar-refractivity contribution in [3.63, 3.8) is 0 Å². The average molecular weight is 1540 g/mol. The molecule has 7 aliphatic rings. The van der Waals surface area contributed by atoms with Gasteiger partial charge < -0.3 is 77.7 Å². The molecule has 7 aromatic heterocycles. The predicted molar refractivity (Wildman–Crippen MR) is 413 cm³/mol. The van der Waals surface area contributed by atoms with Crippen LogP contribution in [0.1, 0.15) is 12.8 Å². The van der Waals surface area contributed by atoms with Gasteiger partial charge in [-0.3, -0.25) is 19.0 Å². The lowest BCUT2D eigenvalue weighted by Gasteiger charge is -2.05. The van der Waals surface area contributed by atoms with Crippen molar-refractivity contribution in [2.45, 2.75) is 12.8 Å². The van der Waals surface area contributed by atoms with Gasteiger partial charge in [0, 0.05) is 186 Å². The van der Waals surface area contributed by atoms with E-state index in [1.54, 1.807) is 125 Å². The summed E-state index contributed by atoms with van der Waals surface area (Å²) in [5.74, 6) is 3.34. The zero-order valence-electron chi connectivity index (χ0n) is 61.8. The first kappa shape index (κ1) is 90.0. The van der Waals surface area contributed by atoms with Gasteiger partial charge in [-0.25, -0.2) is 24.2 Å². The van der Waals surface area contributed by atoms with Crippen molar-refractivity contribution in [1.29, 1.82) is 0 Å². The Morgan fingerprint density at radius 2 is 1.16 bits per heavy atom. The highest BCUT2D eigenvalue weighted by Gasteiger charge is 2.18. The number of carbonyl (C=O) groups excluding carboxylic acids is 4. The van der Waals surface area contributed by atoms with Crippen LogP contribution >= 0.6 is 60.2 Å². The standard InChI is InChI=1S/C7H7N3O.C7H8O.C5H9NO.C5H7N.C4H8N2O.C4H8N2S.C4H6N2.C4H7NO2.2C4H7NOS.C4H7NS2.3C3H5N3.C2H4N4/c1-11-10-7-5-3-2-4-6(7)8-9-10;1-8-7-5-3-2-4-6-7;1-6-4-2-3-5(6)7;1-6-4-2-3-5-6;2*1-6-3-2-5-4(6)7;1-6-3-2-5-4-6;2*1-5-2-3-7-4(5)6;1-5-2-3-6-4(5)7;1-5-2-3-7-4(5)6;1-6-2-4-5-3-6;1-6-3-4-2-5-6;1-6-3-2-4-5-6;1-6-2-3-4-5-6/h2-5H,1H3;2-6H,1H3;2-4H2,1H3;2-5H,1H3;2*2-3H2,1H3,(H,5,7);2-4H,1H3;4*2-3H2,1H3;3*2-3H,1H3;2H,1H3. The number of ether oxygens (including phenoxy) is 3. The summed E-state index contributed by atoms with van der Waals surface area (Å²) >= 11 is 17.7. The molecular formula is C63H100N28O8S5. The van der Waals surface area contributed by atoms with Crippen LogP contribution < -0.4 is 20.2 Å². The molecule has 41 heteroatoms. The maximum Gasteiger partial charge on any atom is 0.409 e. The van der Waals surface area contributed by atoms with Gasteiger partial charge in [0.15, 0.2) is 5.11 Å². The first-order chi connectivity index (χ1) is 49.8. The molecule has 104 heavy (non-hydrogen) atoms. The van der Waals surface area contributed by atoms with E-state index in [-0.39, 0.29) is 17.4 Å². The molecule has 2 aromatic carbocycles. The van der Waals surface area contributed by atoms with Crippen molar-refractivity contribution >= 4 is 109 Å². The minimum absolute atomic E-state index is 0.0417. The Kier molecular flexibility index (Phi) is 47.2. The number of rotatable bonds is 2. The Labute approximate surface area is 632 Å². The Balaban J connectivity index is 0.000000380. The van der Waals surface area contributed by atoms with Crippen molar-refractivity contribution in [2.24, 2.45) is 42.3 Å². The number of hydrogen-bond acceptors (Lipinski definition) is 25. The van der Waals surface area contributed by atoms with Gasteiger partial charge in [0.25, 0.3) is 10.4 Å². The number of carbonyl (C=O) groups is 4. The first-order valence-corrected chi connectivity index (χ1v) is 35.3.